The third-order valence-corrected chi connectivity index (χ3v) is 4.31. The highest BCUT2D eigenvalue weighted by Gasteiger charge is 2.10. The predicted octanol–water partition coefficient (Wildman–Crippen LogP) is 4.44. The minimum atomic E-state index is -0.279. The lowest BCUT2D eigenvalue weighted by atomic mass is 10.1. The van der Waals surface area contributed by atoms with Gasteiger partial charge in [0.05, 0.1) is 6.61 Å². The Morgan fingerprint density at radius 3 is 2.52 bits per heavy atom. The molecule has 1 aromatic heterocycles. The summed E-state index contributed by atoms with van der Waals surface area (Å²) in [5.74, 6) is 0.197. The third kappa shape index (κ3) is 5.15. The van der Waals surface area contributed by atoms with E-state index in [1.165, 1.54) is 11.3 Å². The summed E-state index contributed by atoms with van der Waals surface area (Å²) in [5.41, 5.74) is 1.49. The minimum Gasteiger partial charge on any atom is -0.494 e. The van der Waals surface area contributed by atoms with Crippen LogP contribution < -0.4 is 15.4 Å². The van der Waals surface area contributed by atoms with Crippen molar-refractivity contribution in [3.63, 3.8) is 0 Å². The van der Waals surface area contributed by atoms with E-state index < -0.39 is 0 Å². The molecule has 1 heterocycles. The standard InChI is InChI=1S/C20H19N3O3S/c1-2-11-26-17-8-6-14(7-9-17)18(24)22-16-5-3-4-15(13-16)19(25)23-20-21-10-12-27-20/h3-10,12-13H,2,11H2,1H3,(H,22,24)(H,21,23,25). The quantitative estimate of drug-likeness (QED) is 0.634. The molecular formula is C20H19N3O3S. The maximum atomic E-state index is 12.4. The highest BCUT2D eigenvalue weighted by atomic mass is 32.1. The SMILES string of the molecule is CCCOc1ccc(C(=O)Nc2cccc(C(=O)Nc3nccs3)c2)cc1. The van der Waals surface area contributed by atoms with Gasteiger partial charge in [-0.05, 0) is 48.9 Å². The Bertz CT molecular complexity index is 908. The van der Waals surface area contributed by atoms with Gasteiger partial charge in [0.15, 0.2) is 5.13 Å². The first-order chi connectivity index (χ1) is 13.2. The highest BCUT2D eigenvalue weighted by molar-refractivity contribution is 7.13. The number of carbonyl (C=O) groups is 2. The van der Waals surface area contributed by atoms with Crippen molar-refractivity contribution >= 4 is 34.0 Å². The summed E-state index contributed by atoms with van der Waals surface area (Å²) in [5, 5.41) is 7.83. The lowest BCUT2D eigenvalue weighted by molar-refractivity contribution is 0.101. The average molecular weight is 381 g/mol. The van der Waals surface area contributed by atoms with Crippen LogP contribution in [0.4, 0.5) is 10.8 Å². The zero-order valence-corrected chi connectivity index (χ0v) is 15.6. The Morgan fingerprint density at radius 1 is 1.04 bits per heavy atom. The fraction of sp³-hybridized carbons (Fsp3) is 0.150. The first-order valence-corrected chi connectivity index (χ1v) is 9.39. The normalized spacial score (nSPS) is 10.3. The minimum absolute atomic E-state index is 0.255. The van der Waals surface area contributed by atoms with E-state index in [0.29, 0.717) is 28.6 Å². The highest BCUT2D eigenvalue weighted by Crippen LogP contribution is 2.17. The van der Waals surface area contributed by atoms with Crippen LogP contribution in [0.1, 0.15) is 34.1 Å². The molecule has 3 aromatic rings. The number of anilines is 2. The number of carbonyl (C=O) groups excluding carboxylic acids is 2. The first-order valence-electron chi connectivity index (χ1n) is 8.51. The number of rotatable bonds is 7. The Kier molecular flexibility index (Phi) is 6.17. The number of thiazole rings is 1. The molecule has 0 fully saturated rings. The van der Waals surface area contributed by atoms with Crippen LogP contribution in [0.2, 0.25) is 0 Å². The number of amides is 2. The van der Waals surface area contributed by atoms with Crippen LogP contribution in [0.3, 0.4) is 0 Å². The number of hydrogen-bond acceptors (Lipinski definition) is 5. The van der Waals surface area contributed by atoms with E-state index in [2.05, 4.69) is 15.6 Å². The zero-order valence-electron chi connectivity index (χ0n) is 14.8. The number of hydrogen-bond donors (Lipinski definition) is 2. The van der Waals surface area contributed by atoms with Gasteiger partial charge in [-0.2, -0.15) is 0 Å². The van der Waals surface area contributed by atoms with Gasteiger partial charge in [0.1, 0.15) is 5.75 Å². The molecular weight excluding hydrogens is 362 g/mol. The topological polar surface area (TPSA) is 80.3 Å². The van der Waals surface area contributed by atoms with Gasteiger partial charge in [-0.15, -0.1) is 11.3 Å². The second-order valence-corrected chi connectivity index (χ2v) is 6.59. The summed E-state index contributed by atoms with van der Waals surface area (Å²) >= 11 is 1.34. The van der Waals surface area contributed by atoms with Gasteiger partial charge in [-0.25, -0.2) is 4.98 Å². The number of nitrogens with one attached hydrogen (secondary N) is 2. The number of benzene rings is 2. The molecule has 0 bridgehead atoms. The molecule has 0 spiro atoms. The van der Waals surface area contributed by atoms with Crippen molar-refractivity contribution in [1.29, 1.82) is 0 Å². The summed E-state index contributed by atoms with van der Waals surface area (Å²) in [6, 6.07) is 13.7. The van der Waals surface area contributed by atoms with E-state index in [9.17, 15) is 9.59 Å². The maximum Gasteiger partial charge on any atom is 0.257 e. The van der Waals surface area contributed by atoms with Gasteiger partial charge in [0, 0.05) is 28.4 Å². The fourth-order valence-electron chi connectivity index (χ4n) is 2.32. The van der Waals surface area contributed by atoms with Gasteiger partial charge in [-0.1, -0.05) is 13.0 Å². The second-order valence-electron chi connectivity index (χ2n) is 5.70. The van der Waals surface area contributed by atoms with Crippen LogP contribution in [0.25, 0.3) is 0 Å². The van der Waals surface area contributed by atoms with Gasteiger partial charge in [0.2, 0.25) is 0 Å². The second kappa shape index (κ2) is 8.95. The van der Waals surface area contributed by atoms with Gasteiger partial charge >= 0.3 is 0 Å². The molecule has 27 heavy (non-hydrogen) atoms. The molecule has 3 rings (SSSR count). The molecule has 0 aliphatic carbocycles. The lowest BCUT2D eigenvalue weighted by Crippen LogP contribution is -2.14. The van der Waals surface area contributed by atoms with Crippen molar-refractivity contribution in [2.75, 3.05) is 17.2 Å². The van der Waals surface area contributed by atoms with Crippen LogP contribution in [-0.4, -0.2) is 23.4 Å². The Morgan fingerprint density at radius 2 is 1.81 bits per heavy atom. The molecule has 0 aliphatic heterocycles. The Hall–Kier alpha value is -3.19. The van der Waals surface area contributed by atoms with Crippen molar-refractivity contribution < 1.29 is 14.3 Å². The average Bonchev–Trinajstić information content (AvgIpc) is 3.20. The van der Waals surface area contributed by atoms with Gasteiger partial charge < -0.3 is 10.1 Å². The molecule has 7 heteroatoms. The molecule has 138 valence electrons. The largest absolute Gasteiger partial charge is 0.494 e. The van der Waals surface area contributed by atoms with Crippen molar-refractivity contribution in [2.45, 2.75) is 13.3 Å². The van der Waals surface area contributed by atoms with Gasteiger partial charge in [0.25, 0.3) is 11.8 Å². The van der Waals surface area contributed by atoms with E-state index in [1.54, 1.807) is 60.1 Å². The maximum absolute atomic E-state index is 12.4. The third-order valence-electron chi connectivity index (χ3n) is 3.62. The summed E-state index contributed by atoms with van der Waals surface area (Å²) in [7, 11) is 0. The zero-order chi connectivity index (χ0) is 19.1. The Labute approximate surface area is 161 Å². The molecule has 0 aliphatic rings. The Balaban J connectivity index is 1.64. The molecule has 0 atom stereocenters. The van der Waals surface area contributed by atoms with E-state index in [-0.39, 0.29) is 11.8 Å². The number of nitrogens with zero attached hydrogens (tertiary/aromatic N) is 1. The molecule has 0 unspecified atom stereocenters. The predicted molar refractivity (Wildman–Crippen MR) is 107 cm³/mol. The fourth-order valence-corrected chi connectivity index (χ4v) is 2.84. The van der Waals surface area contributed by atoms with Crippen LogP contribution >= 0.6 is 11.3 Å². The number of ether oxygens (including phenoxy) is 1. The van der Waals surface area contributed by atoms with Crippen LogP contribution in [0.15, 0.2) is 60.1 Å². The molecule has 2 aromatic carbocycles. The van der Waals surface area contributed by atoms with E-state index in [1.807, 2.05) is 6.92 Å². The van der Waals surface area contributed by atoms with Crippen molar-refractivity contribution in [3.05, 3.63) is 71.2 Å². The molecule has 0 saturated heterocycles. The lowest BCUT2D eigenvalue weighted by Gasteiger charge is -2.09. The first kappa shape index (κ1) is 18.6. The summed E-state index contributed by atoms with van der Waals surface area (Å²) in [6.45, 7) is 2.68. The van der Waals surface area contributed by atoms with Crippen molar-refractivity contribution in [3.8, 4) is 5.75 Å². The van der Waals surface area contributed by atoms with Crippen LogP contribution in [0, 0.1) is 0 Å². The van der Waals surface area contributed by atoms with Crippen molar-refractivity contribution in [2.24, 2.45) is 0 Å². The van der Waals surface area contributed by atoms with Gasteiger partial charge in [-0.3, -0.25) is 14.9 Å². The summed E-state index contributed by atoms with van der Waals surface area (Å²) in [4.78, 5) is 28.7. The molecule has 2 N–H and O–H groups in total. The monoisotopic (exact) mass is 381 g/mol. The smallest absolute Gasteiger partial charge is 0.257 e. The number of aromatic nitrogens is 1. The summed E-state index contributed by atoms with van der Waals surface area (Å²) < 4.78 is 5.51. The van der Waals surface area contributed by atoms with E-state index in [0.717, 1.165) is 12.2 Å². The van der Waals surface area contributed by atoms with E-state index in [4.69, 9.17) is 4.74 Å². The summed E-state index contributed by atoms with van der Waals surface area (Å²) in [6.07, 6.45) is 2.55. The van der Waals surface area contributed by atoms with Crippen LogP contribution in [0.5, 0.6) is 5.75 Å². The molecule has 6 nitrogen and oxygen atoms in total. The van der Waals surface area contributed by atoms with E-state index >= 15 is 0 Å². The molecule has 2 amide bonds. The van der Waals surface area contributed by atoms with Crippen LogP contribution in [-0.2, 0) is 0 Å². The molecule has 0 saturated carbocycles. The molecule has 0 radical (unpaired) electrons. The van der Waals surface area contributed by atoms with Crippen molar-refractivity contribution in [1.82, 2.24) is 4.98 Å².